The Morgan fingerprint density at radius 2 is 1.93 bits per heavy atom. The van der Waals surface area contributed by atoms with E-state index in [2.05, 4.69) is 4.72 Å². The predicted octanol–water partition coefficient (Wildman–Crippen LogP) is 3.63. The number of amides is 1. The molecule has 0 saturated carbocycles. The summed E-state index contributed by atoms with van der Waals surface area (Å²) in [5.41, 5.74) is 2.95. The number of nitrogens with one attached hydrogen (secondary N) is 1. The molecule has 0 aromatic heterocycles. The van der Waals surface area contributed by atoms with Gasteiger partial charge in [0.25, 0.3) is 10.0 Å². The van der Waals surface area contributed by atoms with E-state index in [4.69, 9.17) is 4.74 Å². The molecule has 3 rings (SSSR count). The van der Waals surface area contributed by atoms with Gasteiger partial charge >= 0.3 is 0 Å². The van der Waals surface area contributed by atoms with Crippen LogP contribution in [0.15, 0.2) is 41.3 Å². The lowest BCUT2D eigenvalue weighted by Crippen LogP contribution is -2.24. The smallest absolute Gasteiger partial charge is 0.265 e. The minimum atomic E-state index is -3.80. The minimum Gasteiger partial charge on any atom is -0.492 e. The Balaban J connectivity index is 1.89. The standard InChI is InChI=1S/C20H24N2O4S/c1-4-26-18-10-7-14(2)12-19(18)27(24,25)21-16-8-9-17(15(3)13-16)22-11-5-6-20(22)23/h7-10,12-13,21H,4-6,11H2,1-3H3. The van der Waals surface area contributed by atoms with E-state index in [0.717, 1.165) is 23.2 Å². The number of benzene rings is 2. The molecular formula is C20H24N2O4S. The molecule has 1 N–H and O–H groups in total. The molecule has 0 aliphatic carbocycles. The van der Waals surface area contributed by atoms with Gasteiger partial charge in [0.1, 0.15) is 10.6 Å². The largest absolute Gasteiger partial charge is 0.492 e. The van der Waals surface area contributed by atoms with Crippen LogP contribution < -0.4 is 14.4 Å². The summed E-state index contributed by atoms with van der Waals surface area (Å²) in [4.78, 5) is 13.8. The van der Waals surface area contributed by atoms with E-state index >= 15 is 0 Å². The van der Waals surface area contributed by atoms with Crippen LogP contribution in [0.1, 0.15) is 30.9 Å². The molecule has 1 amide bonds. The number of hydrogen-bond donors (Lipinski definition) is 1. The highest BCUT2D eigenvalue weighted by atomic mass is 32.2. The Labute approximate surface area is 160 Å². The van der Waals surface area contributed by atoms with Gasteiger partial charge in [0.05, 0.1) is 6.61 Å². The van der Waals surface area contributed by atoms with Gasteiger partial charge in [-0.1, -0.05) is 6.07 Å². The van der Waals surface area contributed by atoms with E-state index in [1.165, 1.54) is 0 Å². The lowest BCUT2D eigenvalue weighted by molar-refractivity contribution is -0.117. The van der Waals surface area contributed by atoms with Crippen molar-refractivity contribution in [1.29, 1.82) is 0 Å². The summed E-state index contributed by atoms with van der Waals surface area (Å²) >= 11 is 0. The highest BCUT2D eigenvalue weighted by Gasteiger charge is 2.24. The molecule has 144 valence electrons. The van der Waals surface area contributed by atoms with Crippen molar-refractivity contribution in [2.75, 3.05) is 22.8 Å². The van der Waals surface area contributed by atoms with Crippen LogP contribution >= 0.6 is 0 Å². The monoisotopic (exact) mass is 388 g/mol. The highest BCUT2D eigenvalue weighted by Crippen LogP contribution is 2.30. The third-order valence-electron chi connectivity index (χ3n) is 4.50. The first-order valence-corrected chi connectivity index (χ1v) is 10.5. The van der Waals surface area contributed by atoms with E-state index in [1.807, 2.05) is 26.8 Å². The van der Waals surface area contributed by atoms with Crippen molar-refractivity contribution in [1.82, 2.24) is 0 Å². The molecular weight excluding hydrogens is 364 g/mol. The minimum absolute atomic E-state index is 0.104. The number of nitrogens with zero attached hydrogens (tertiary/aromatic N) is 1. The molecule has 2 aromatic rings. The topological polar surface area (TPSA) is 75.7 Å². The van der Waals surface area contributed by atoms with E-state index in [9.17, 15) is 13.2 Å². The molecule has 1 aliphatic rings. The second-order valence-corrected chi connectivity index (χ2v) is 8.29. The first-order valence-electron chi connectivity index (χ1n) is 8.99. The maximum atomic E-state index is 12.9. The normalized spacial score (nSPS) is 14.5. The second kappa shape index (κ2) is 7.60. The van der Waals surface area contributed by atoms with E-state index < -0.39 is 10.0 Å². The van der Waals surface area contributed by atoms with Gasteiger partial charge < -0.3 is 9.64 Å². The molecule has 27 heavy (non-hydrogen) atoms. The summed E-state index contributed by atoms with van der Waals surface area (Å²) < 4.78 is 33.9. The average molecular weight is 388 g/mol. The molecule has 0 unspecified atom stereocenters. The van der Waals surface area contributed by atoms with Crippen LogP contribution in [0.4, 0.5) is 11.4 Å². The molecule has 1 heterocycles. The van der Waals surface area contributed by atoms with Gasteiger partial charge in [-0.05, 0) is 68.7 Å². The third kappa shape index (κ3) is 4.08. The third-order valence-corrected chi connectivity index (χ3v) is 5.90. The zero-order chi connectivity index (χ0) is 19.6. The average Bonchev–Trinajstić information content (AvgIpc) is 3.02. The summed E-state index contributed by atoms with van der Waals surface area (Å²) in [6, 6.07) is 10.3. The van der Waals surface area contributed by atoms with Gasteiger partial charge in [0.15, 0.2) is 0 Å². The fraction of sp³-hybridized carbons (Fsp3) is 0.350. The van der Waals surface area contributed by atoms with Gasteiger partial charge in [-0.2, -0.15) is 0 Å². The number of hydrogen-bond acceptors (Lipinski definition) is 4. The Hall–Kier alpha value is -2.54. The zero-order valence-corrected chi connectivity index (χ0v) is 16.6. The summed E-state index contributed by atoms with van der Waals surface area (Å²) in [7, 11) is -3.80. The molecule has 2 aromatic carbocycles. The van der Waals surface area contributed by atoms with Crippen LogP contribution in [0, 0.1) is 13.8 Å². The predicted molar refractivity (Wildman–Crippen MR) is 106 cm³/mol. The van der Waals surface area contributed by atoms with Crippen molar-refractivity contribution < 1.29 is 17.9 Å². The van der Waals surface area contributed by atoms with Crippen molar-refractivity contribution in [3.8, 4) is 5.75 Å². The van der Waals surface area contributed by atoms with Crippen LogP contribution in [-0.4, -0.2) is 27.5 Å². The number of aryl methyl sites for hydroxylation is 2. The molecule has 0 radical (unpaired) electrons. The Morgan fingerprint density at radius 3 is 2.56 bits per heavy atom. The van der Waals surface area contributed by atoms with Crippen molar-refractivity contribution in [3.63, 3.8) is 0 Å². The van der Waals surface area contributed by atoms with E-state index in [1.54, 1.807) is 35.2 Å². The number of anilines is 2. The SMILES string of the molecule is CCOc1ccc(C)cc1S(=O)(=O)Nc1ccc(N2CCCC2=O)c(C)c1. The van der Waals surface area contributed by atoms with Gasteiger partial charge in [-0.3, -0.25) is 9.52 Å². The van der Waals surface area contributed by atoms with Crippen molar-refractivity contribution in [2.45, 2.75) is 38.5 Å². The first kappa shape index (κ1) is 19.2. The lowest BCUT2D eigenvalue weighted by atomic mass is 10.1. The summed E-state index contributed by atoms with van der Waals surface area (Å²) in [6.45, 7) is 6.60. The quantitative estimate of drug-likeness (QED) is 0.820. The fourth-order valence-corrected chi connectivity index (χ4v) is 4.51. The number of ether oxygens (including phenoxy) is 1. The second-order valence-electron chi connectivity index (χ2n) is 6.64. The number of rotatable bonds is 6. The number of sulfonamides is 1. The van der Waals surface area contributed by atoms with Gasteiger partial charge in [-0.25, -0.2) is 8.42 Å². The van der Waals surface area contributed by atoms with Crippen LogP contribution in [0.25, 0.3) is 0 Å². The van der Waals surface area contributed by atoms with Crippen molar-refractivity contribution in [2.24, 2.45) is 0 Å². The molecule has 6 nitrogen and oxygen atoms in total. The van der Waals surface area contributed by atoms with Crippen LogP contribution in [-0.2, 0) is 14.8 Å². The Kier molecular flexibility index (Phi) is 5.41. The zero-order valence-electron chi connectivity index (χ0n) is 15.8. The number of carbonyl (C=O) groups is 1. The van der Waals surface area contributed by atoms with E-state index in [-0.39, 0.29) is 10.8 Å². The van der Waals surface area contributed by atoms with Gasteiger partial charge in [0, 0.05) is 24.3 Å². The summed E-state index contributed by atoms with van der Waals surface area (Å²) in [5, 5.41) is 0. The summed E-state index contributed by atoms with van der Waals surface area (Å²) in [5.74, 6) is 0.430. The van der Waals surface area contributed by atoms with Crippen molar-refractivity contribution in [3.05, 3.63) is 47.5 Å². The maximum Gasteiger partial charge on any atom is 0.265 e. The number of carbonyl (C=O) groups excluding carboxylic acids is 1. The molecule has 0 atom stereocenters. The van der Waals surface area contributed by atoms with Gasteiger partial charge in [0.2, 0.25) is 5.91 Å². The summed E-state index contributed by atoms with van der Waals surface area (Å²) in [6.07, 6.45) is 1.40. The van der Waals surface area contributed by atoms with Crippen LogP contribution in [0.2, 0.25) is 0 Å². The molecule has 0 bridgehead atoms. The molecule has 7 heteroatoms. The molecule has 1 saturated heterocycles. The van der Waals surface area contributed by atoms with Crippen molar-refractivity contribution >= 4 is 27.3 Å². The first-order chi connectivity index (χ1) is 12.8. The fourth-order valence-electron chi connectivity index (χ4n) is 3.23. The molecule has 0 spiro atoms. The molecule has 1 aliphatic heterocycles. The lowest BCUT2D eigenvalue weighted by Gasteiger charge is -2.19. The van der Waals surface area contributed by atoms with Crippen LogP contribution in [0.3, 0.4) is 0 Å². The van der Waals surface area contributed by atoms with Gasteiger partial charge in [-0.15, -0.1) is 0 Å². The Bertz CT molecular complexity index is 970. The van der Waals surface area contributed by atoms with Crippen LogP contribution in [0.5, 0.6) is 5.75 Å². The highest BCUT2D eigenvalue weighted by molar-refractivity contribution is 7.92. The molecule has 1 fully saturated rings. The maximum absolute atomic E-state index is 12.9. The Morgan fingerprint density at radius 1 is 1.15 bits per heavy atom. The van der Waals surface area contributed by atoms with E-state index in [0.29, 0.717) is 31.0 Å².